The van der Waals surface area contributed by atoms with Gasteiger partial charge in [0.25, 0.3) is 0 Å². The van der Waals surface area contributed by atoms with Gasteiger partial charge < -0.3 is 60.6 Å². The summed E-state index contributed by atoms with van der Waals surface area (Å²) in [7, 11) is 0. The first-order valence-electron chi connectivity index (χ1n) is 11.8. The predicted octanol–water partition coefficient (Wildman–Crippen LogP) is -6.47. The van der Waals surface area contributed by atoms with Gasteiger partial charge in [-0.25, -0.2) is 0 Å². The van der Waals surface area contributed by atoms with Crippen LogP contribution in [0.1, 0.15) is 45.4 Å². The number of hydrogen-bond donors (Lipinski definition) is 12. The number of rotatable bonds is 19. The average molecular weight is 535 g/mol. The highest BCUT2D eigenvalue weighted by molar-refractivity contribution is 5.94. The van der Waals surface area contributed by atoms with Gasteiger partial charge in [-0.15, -0.1) is 0 Å². The third-order valence-electron chi connectivity index (χ3n) is 5.23. The summed E-state index contributed by atoms with van der Waals surface area (Å²) in [6.07, 6.45) is -3.56. The number of hydrogen-bond acceptors (Lipinski definition) is 12. The first-order valence-corrected chi connectivity index (χ1v) is 11.8. The van der Waals surface area contributed by atoms with E-state index in [1.165, 1.54) is 6.92 Å². The summed E-state index contributed by atoms with van der Waals surface area (Å²) in [4.78, 5) is 61.1. The van der Waals surface area contributed by atoms with Crippen molar-refractivity contribution in [1.29, 1.82) is 0 Å². The number of carbonyl (C=O) groups is 5. The first kappa shape index (κ1) is 34.1. The topological polar surface area (TPSA) is 330 Å². The van der Waals surface area contributed by atoms with Gasteiger partial charge in [0.15, 0.2) is 0 Å². The predicted molar refractivity (Wildman–Crippen MR) is 132 cm³/mol. The maximum absolute atomic E-state index is 13.1. The SMILES string of the molecule is C[C@@H](O)[C@@H](N)C(=O)N[C@@H](CCCNC(N)N)C(=O)N[C@H](CC[C@@H](N)O)C(=O)N[C@@H](CCC(N)=O)C(N)=O. The van der Waals surface area contributed by atoms with E-state index in [-0.39, 0.29) is 32.1 Å². The van der Waals surface area contributed by atoms with E-state index in [9.17, 15) is 34.2 Å². The molecule has 0 saturated carbocycles. The fourth-order valence-corrected chi connectivity index (χ4v) is 3.05. The highest BCUT2D eigenvalue weighted by Gasteiger charge is 2.30. The molecule has 0 rings (SSSR count). The monoisotopic (exact) mass is 534 g/mol. The van der Waals surface area contributed by atoms with Crippen LogP contribution in [0.25, 0.3) is 0 Å². The zero-order valence-electron chi connectivity index (χ0n) is 20.9. The number of aliphatic hydroxyl groups excluding tert-OH is 2. The van der Waals surface area contributed by atoms with Crippen molar-refractivity contribution in [2.24, 2.45) is 34.4 Å². The summed E-state index contributed by atoms with van der Waals surface area (Å²) >= 11 is 0. The number of aliphatic hydroxyl groups is 2. The molecule has 0 aromatic carbocycles. The summed E-state index contributed by atoms with van der Waals surface area (Å²) in [6.45, 7) is 1.60. The third kappa shape index (κ3) is 15.0. The van der Waals surface area contributed by atoms with Gasteiger partial charge in [0.05, 0.1) is 6.10 Å². The number of amides is 5. The molecule has 5 amide bonds. The van der Waals surface area contributed by atoms with E-state index in [2.05, 4.69) is 21.3 Å². The maximum Gasteiger partial charge on any atom is 0.243 e. The minimum Gasteiger partial charge on any atom is -0.391 e. The Hall–Kier alpha value is -2.93. The van der Waals surface area contributed by atoms with Gasteiger partial charge in [-0.05, 0) is 45.6 Å². The summed E-state index contributed by atoms with van der Waals surface area (Å²) in [6, 6.07) is -5.07. The summed E-state index contributed by atoms with van der Waals surface area (Å²) in [5.74, 6) is -4.08. The van der Waals surface area contributed by atoms with Crippen LogP contribution in [0.3, 0.4) is 0 Å². The van der Waals surface area contributed by atoms with Crippen LogP contribution in [0.4, 0.5) is 0 Å². The lowest BCUT2D eigenvalue weighted by atomic mass is 10.0. The molecule has 37 heavy (non-hydrogen) atoms. The maximum atomic E-state index is 13.1. The van der Waals surface area contributed by atoms with Gasteiger partial charge in [-0.2, -0.15) is 0 Å². The van der Waals surface area contributed by atoms with Gasteiger partial charge in [0.1, 0.15) is 36.7 Å². The molecule has 0 aromatic heterocycles. The van der Waals surface area contributed by atoms with E-state index in [4.69, 9.17) is 34.4 Å². The molecule has 0 aliphatic heterocycles. The van der Waals surface area contributed by atoms with Crippen LogP contribution in [0.5, 0.6) is 0 Å². The average Bonchev–Trinajstić information content (AvgIpc) is 2.79. The summed E-state index contributed by atoms with van der Waals surface area (Å²) < 4.78 is 0. The van der Waals surface area contributed by atoms with Crippen molar-refractivity contribution in [1.82, 2.24) is 21.3 Å². The molecule has 0 heterocycles. The molecular formula is C20H42N10O7. The molecule has 17 nitrogen and oxygen atoms in total. The molecule has 0 saturated heterocycles. The van der Waals surface area contributed by atoms with Gasteiger partial charge in [0.2, 0.25) is 29.5 Å². The van der Waals surface area contributed by atoms with Crippen molar-refractivity contribution in [2.75, 3.05) is 6.54 Å². The van der Waals surface area contributed by atoms with Crippen LogP contribution in [0.2, 0.25) is 0 Å². The summed E-state index contributed by atoms with van der Waals surface area (Å²) in [5, 5.41) is 29.0. The Bertz CT molecular complexity index is 766. The molecule has 0 radical (unpaired) electrons. The minimum absolute atomic E-state index is 0.0696. The molecule has 18 N–H and O–H groups in total. The molecule has 0 bridgehead atoms. The number of primary amides is 2. The molecule has 6 atom stereocenters. The van der Waals surface area contributed by atoms with Crippen molar-refractivity contribution in [2.45, 2.75) is 88.2 Å². The Morgan fingerprint density at radius 3 is 1.70 bits per heavy atom. The van der Waals surface area contributed by atoms with E-state index < -0.39 is 72.3 Å². The van der Waals surface area contributed by atoms with Crippen LogP contribution in [-0.2, 0) is 24.0 Å². The molecule has 0 aliphatic carbocycles. The molecule has 0 aliphatic rings. The molecule has 0 spiro atoms. The van der Waals surface area contributed by atoms with Gasteiger partial charge in [-0.3, -0.25) is 29.3 Å². The van der Waals surface area contributed by atoms with Crippen molar-refractivity contribution < 1.29 is 34.2 Å². The Morgan fingerprint density at radius 1 is 0.730 bits per heavy atom. The van der Waals surface area contributed by atoms with E-state index >= 15 is 0 Å². The fraction of sp³-hybridized carbons (Fsp3) is 0.750. The van der Waals surface area contributed by atoms with Gasteiger partial charge >= 0.3 is 0 Å². The molecule has 0 unspecified atom stereocenters. The summed E-state index contributed by atoms with van der Waals surface area (Å²) in [5.41, 5.74) is 32.2. The molecular weight excluding hydrogens is 492 g/mol. The van der Waals surface area contributed by atoms with Crippen molar-refractivity contribution in [3.05, 3.63) is 0 Å². The Kier molecular flexibility index (Phi) is 16.1. The van der Waals surface area contributed by atoms with Crippen molar-refractivity contribution >= 4 is 29.5 Å². The fourth-order valence-electron chi connectivity index (χ4n) is 3.05. The Labute approximate surface area is 214 Å². The second-order valence-electron chi connectivity index (χ2n) is 8.62. The molecule has 214 valence electrons. The largest absolute Gasteiger partial charge is 0.391 e. The first-order chi connectivity index (χ1) is 17.1. The molecule has 0 aromatic rings. The zero-order chi connectivity index (χ0) is 28.7. The minimum atomic E-state index is -1.32. The number of nitrogens with one attached hydrogen (secondary N) is 4. The van der Waals surface area contributed by atoms with E-state index in [1.807, 2.05) is 0 Å². The lowest BCUT2D eigenvalue weighted by Gasteiger charge is -2.26. The van der Waals surface area contributed by atoms with Crippen LogP contribution in [0, 0.1) is 0 Å². The third-order valence-corrected chi connectivity index (χ3v) is 5.23. The van der Waals surface area contributed by atoms with E-state index in [1.54, 1.807) is 0 Å². The number of carbonyl (C=O) groups excluding carboxylic acids is 5. The highest BCUT2D eigenvalue weighted by atomic mass is 16.3. The smallest absolute Gasteiger partial charge is 0.243 e. The molecule has 0 fully saturated rings. The Morgan fingerprint density at radius 2 is 1.24 bits per heavy atom. The van der Waals surface area contributed by atoms with Crippen LogP contribution in [-0.4, -0.2) is 89.1 Å². The number of nitrogens with two attached hydrogens (primary N) is 6. The molecule has 17 heteroatoms. The van der Waals surface area contributed by atoms with Crippen LogP contribution in [0.15, 0.2) is 0 Å². The standard InChI is InChI=1S/C20H42N10O7/c1-9(31)15(23)19(37)30-11(3-2-8-27-20(25)26)17(35)29-12(5-7-14(22)33)18(36)28-10(16(24)34)4-6-13(21)32/h9-12,14-15,20,27,31,33H,2-8,22-23,25-26H2,1H3,(H2,21,32)(H2,24,34)(H,28,36)(H,29,35)(H,30,37)/t9-,10+,11+,12-,14+,15-/m1/s1. The lowest BCUT2D eigenvalue weighted by Crippen LogP contribution is -2.58. The second-order valence-corrected chi connectivity index (χ2v) is 8.62. The van der Waals surface area contributed by atoms with Crippen molar-refractivity contribution in [3.8, 4) is 0 Å². The highest BCUT2D eigenvalue weighted by Crippen LogP contribution is 2.06. The zero-order valence-corrected chi connectivity index (χ0v) is 20.9. The van der Waals surface area contributed by atoms with E-state index in [0.717, 1.165) is 0 Å². The van der Waals surface area contributed by atoms with E-state index in [0.29, 0.717) is 13.0 Å². The van der Waals surface area contributed by atoms with Gasteiger partial charge in [-0.1, -0.05) is 0 Å². The van der Waals surface area contributed by atoms with Crippen LogP contribution >= 0.6 is 0 Å². The van der Waals surface area contributed by atoms with Crippen LogP contribution < -0.4 is 55.7 Å². The lowest BCUT2D eigenvalue weighted by molar-refractivity contribution is -0.134. The van der Waals surface area contributed by atoms with Gasteiger partial charge in [0, 0.05) is 6.42 Å². The normalized spacial score (nSPS) is 16.1. The second kappa shape index (κ2) is 17.5. The quantitative estimate of drug-likeness (QED) is 0.0543. The van der Waals surface area contributed by atoms with Crippen molar-refractivity contribution in [3.63, 3.8) is 0 Å². The Balaban J connectivity index is 5.62.